The molecule has 1 fully saturated rings. The van der Waals surface area contributed by atoms with Gasteiger partial charge in [-0.3, -0.25) is 0 Å². The Bertz CT molecular complexity index is 519. The Labute approximate surface area is 123 Å². The Morgan fingerprint density at radius 2 is 2.11 bits per heavy atom. The van der Waals surface area contributed by atoms with Gasteiger partial charge in [0.25, 0.3) is 0 Å². The minimum absolute atomic E-state index is 0.385. The quantitative estimate of drug-likeness (QED) is 0.869. The van der Waals surface area contributed by atoms with Gasteiger partial charge in [0.1, 0.15) is 4.21 Å². The van der Waals surface area contributed by atoms with E-state index in [0.29, 0.717) is 23.2 Å². The lowest BCUT2D eigenvalue weighted by atomic mass is 10.0. The maximum Gasteiger partial charge on any atom is 0.250 e. The van der Waals surface area contributed by atoms with Crippen LogP contribution in [-0.4, -0.2) is 26.5 Å². The summed E-state index contributed by atoms with van der Waals surface area (Å²) >= 11 is 3.22. The number of nitrogens with one attached hydrogen (secondary N) is 1. The SMILES string of the molecule is Cc1cc(S(=O)(=O)NCC2CCSCC2)sc1CN. The number of sulfonamides is 1. The Morgan fingerprint density at radius 3 is 2.68 bits per heavy atom. The van der Waals surface area contributed by atoms with E-state index in [1.54, 1.807) is 6.07 Å². The van der Waals surface area contributed by atoms with Crippen molar-refractivity contribution in [2.45, 2.75) is 30.5 Å². The molecule has 0 saturated carbocycles. The highest BCUT2D eigenvalue weighted by atomic mass is 32.2. The summed E-state index contributed by atoms with van der Waals surface area (Å²) in [7, 11) is -3.37. The summed E-state index contributed by atoms with van der Waals surface area (Å²) in [4.78, 5) is 0.939. The number of nitrogens with two attached hydrogens (primary N) is 1. The van der Waals surface area contributed by atoms with Gasteiger partial charge < -0.3 is 5.73 Å². The highest BCUT2D eigenvalue weighted by molar-refractivity contribution is 7.99. The second kappa shape index (κ2) is 6.58. The van der Waals surface area contributed by atoms with Gasteiger partial charge in [0.15, 0.2) is 0 Å². The maximum atomic E-state index is 12.2. The second-order valence-corrected chi connectivity index (χ2v) is 9.14. The first-order chi connectivity index (χ1) is 9.03. The summed E-state index contributed by atoms with van der Waals surface area (Å²) in [6, 6.07) is 1.71. The summed E-state index contributed by atoms with van der Waals surface area (Å²) in [6.45, 7) is 2.85. The number of hydrogen-bond acceptors (Lipinski definition) is 5. The molecule has 4 nitrogen and oxygen atoms in total. The molecule has 108 valence electrons. The molecule has 19 heavy (non-hydrogen) atoms. The predicted molar refractivity (Wildman–Crippen MR) is 82.2 cm³/mol. The van der Waals surface area contributed by atoms with E-state index >= 15 is 0 Å². The van der Waals surface area contributed by atoms with Gasteiger partial charge >= 0.3 is 0 Å². The molecular weight excluding hydrogens is 300 g/mol. The third-order valence-corrected chi connectivity index (χ3v) is 7.56. The van der Waals surface area contributed by atoms with Crippen LogP contribution >= 0.6 is 23.1 Å². The average molecular weight is 321 g/mol. The minimum Gasteiger partial charge on any atom is -0.326 e. The molecule has 0 atom stereocenters. The summed E-state index contributed by atoms with van der Waals surface area (Å²) in [5.41, 5.74) is 6.55. The van der Waals surface area contributed by atoms with E-state index in [0.717, 1.165) is 34.8 Å². The summed E-state index contributed by atoms with van der Waals surface area (Å²) < 4.78 is 27.5. The lowest BCUT2D eigenvalue weighted by molar-refractivity contribution is 0.477. The van der Waals surface area contributed by atoms with E-state index in [2.05, 4.69) is 4.72 Å². The zero-order valence-electron chi connectivity index (χ0n) is 11.0. The fraction of sp³-hybridized carbons (Fsp3) is 0.667. The molecule has 2 heterocycles. The van der Waals surface area contributed by atoms with Gasteiger partial charge in [-0.1, -0.05) is 0 Å². The van der Waals surface area contributed by atoms with Crippen LogP contribution in [0.3, 0.4) is 0 Å². The molecule has 0 spiro atoms. The molecule has 1 saturated heterocycles. The molecule has 0 bridgehead atoms. The standard InChI is InChI=1S/C12H20N2O2S3/c1-9-6-12(18-11(9)7-13)19(15,16)14-8-10-2-4-17-5-3-10/h6,10,14H,2-5,7-8,13H2,1H3. The Balaban J connectivity index is 2.00. The third-order valence-electron chi connectivity index (χ3n) is 3.35. The summed E-state index contributed by atoms with van der Waals surface area (Å²) in [5.74, 6) is 2.76. The van der Waals surface area contributed by atoms with Gasteiger partial charge in [-0.05, 0) is 48.8 Å². The van der Waals surface area contributed by atoms with Crippen molar-refractivity contribution in [2.24, 2.45) is 11.7 Å². The predicted octanol–water partition coefficient (Wildman–Crippen LogP) is 1.94. The number of rotatable bonds is 5. The van der Waals surface area contributed by atoms with Crippen molar-refractivity contribution in [3.05, 3.63) is 16.5 Å². The minimum atomic E-state index is -3.37. The van der Waals surface area contributed by atoms with Crippen molar-refractivity contribution in [1.29, 1.82) is 0 Å². The van der Waals surface area contributed by atoms with Crippen molar-refractivity contribution in [2.75, 3.05) is 18.1 Å². The smallest absolute Gasteiger partial charge is 0.250 e. The van der Waals surface area contributed by atoms with Crippen LogP contribution in [0, 0.1) is 12.8 Å². The first-order valence-corrected chi connectivity index (χ1v) is 9.85. The largest absolute Gasteiger partial charge is 0.326 e. The van der Waals surface area contributed by atoms with Gasteiger partial charge in [0.05, 0.1) is 0 Å². The third kappa shape index (κ3) is 3.95. The zero-order valence-corrected chi connectivity index (χ0v) is 13.5. The van der Waals surface area contributed by atoms with Crippen LogP contribution in [0.25, 0.3) is 0 Å². The molecule has 1 aliphatic rings. The topological polar surface area (TPSA) is 72.2 Å². The molecule has 1 aromatic heterocycles. The first-order valence-electron chi connectivity index (χ1n) is 6.39. The van der Waals surface area contributed by atoms with E-state index in [-0.39, 0.29) is 0 Å². The fourth-order valence-electron chi connectivity index (χ4n) is 2.07. The van der Waals surface area contributed by atoms with E-state index in [4.69, 9.17) is 5.73 Å². The van der Waals surface area contributed by atoms with E-state index in [1.807, 2.05) is 18.7 Å². The second-order valence-electron chi connectivity index (χ2n) is 4.78. The van der Waals surface area contributed by atoms with E-state index < -0.39 is 10.0 Å². The van der Waals surface area contributed by atoms with Crippen LogP contribution < -0.4 is 10.5 Å². The molecule has 1 aromatic rings. The van der Waals surface area contributed by atoms with Crippen LogP contribution in [0.15, 0.2) is 10.3 Å². The molecule has 0 aromatic carbocycles. The summed E-state index contributed by atoms with van der Waals surface area (Å²) in [5, 5.41) is 0. The van der Waals surface area contributed by atoms with Crippen molar-refractivity contribution >= 4 is 33.1 Å². The molecule has 0 amide bonds. The fourth-order valence-corrected chi connectivity index (χ4v) is 5.91. The monoisotopic (exact) mass is 320 g/mol. The Morgan fingerprint density at radius 1 is 1.42 bits per heavy atom. The molecule has 7 heteroatoms. The van der Waals surface area contributed by atoms with Crippen LogP contribution in [0.4, 0.5) is 0 Å². The van der Waals surface area contributed by atoms with Crippen molar-refractivity contribution < 1.29 is 8.42 Å². The van der Waals surface area contributed by atoms with Gasteiger partial charge in [-0.2, -0.15) is 11.8 Å². The average Bonchev–Trinajstić information content (AvgIpc) is 2.80. The normalized spacial score (nSPS) is 17.8. The number of aryl methyl sites for hydroxylation is 1. The van der Waals surface area contributed by atoms with Gasteiger partial charge in [-0.25, -0.2) is 13.1 Å². The molecule has 0 aliphatic carbocycles. The van der Waals surface area contributed by atoms with Gasteiger partial charge in [0, 0.05) is 18.0 Å². The zero-order chi connectivity index (χ0) is 13.9. The lowest BCUT2D eigenvalue weighted by Gasteiger charge is -2.21. The number of thioether (sulfide) groups is 1. The lowest BCUT2D eigenvalue weighted by Crippen LogP contribution is -2.30. The van der Waals surface area contributed by atoms with E-state index in [1.165, 1.54) is 11.3 Å². The van der Waals surface area contributed by atoms with Crippen LogP contribution in [0.5, 0.6) is 0 Å². The molecule has 0 unspecified atom stereocenters. The number of thiophene rings is 1. The van der Waals surface area contributed by atoms with Crippen molar-refractivity contribution in [1.82, 2.24) is 4.72 Å². The maximum absolute atomic E-state index is 12.2. The number of hydrogen-bond donors (Lipinski definition) is 2. The van der Waals surface area contributed by atoms with Crippen molar-refractivity contribution in [3.8, 4) is 0 Å². The molecule has 3 N–H and O–H groups in total. The highest BCUT2D eigenvalue weighted by Gasteiger charge is 2.21. The molecule has 0 radical (unpaired) electrons. The summed E-state index contributed by atoms with van der Waals surface area (Å²) in [6.07, 6.45) is 2.20. The molecule has 2 rings (SSSR count). The van der Waals surface area contributed by atoms with Crippen LogP contribution in [0.1, 0.15) is 23.3 Å². The van der Waals surface area contributed by atoms with Gasteiger partial charge in [-0.15, -0.1) is 11.3 Å². The molecular formula is C12H20N2O2S3. The van der Waals surface area contributed by atoms with E-state index in [9.17, 15) is 8.42 Å². The Hall–Kier alpha value is -0.0800. The molecule has 1 aliphatic heterocycles. The van der Waals surface area contributed by atoms with Crippen LogP contribution in [0.2, 0.25) is 0 Å². The van der Waals surface area contributed by atoms with Gasteiger partial charge in [0.2, 0.25) is 10.0 Å². The highest BCUT2D eigenvalue weighted by Crippen LogP contribution is 2.26. The van der Waals surface area contributed by atoms with Crippen LogP contribution in [-0.2, 0) is 16.6 Å². The Kier molecular flexibility index (Phi) is 5.30. The first kappa shape index (κ1) is 15.3. The van der Waals surface area contributed by atoms with Crippen molar-refractivity contribution in [3.63, 3.8) is 0 Å².